The highest BCUT2D eigenvalue weighted by Gasteiger charge is 2.33. The number of amides is 2. The molecule has 1 atom stereocenters. The zero-order chi connectivity index (χ0) is 14.8. The highest BCUT2D eigenvalue weighted by atomic mass is 32.1. The number of hydrogen-bond donors (Lipinski definition) is 2. The molecule has 0 saturated carbocycles. The normalized spacial score (nSPS) is 24.7. The number of thiocarbonyl (C=S) groups is 1. The summed E-state index contributed by atoms with van der Waals surface area (Å²) in [5.41, 5.74) is 5.49. The van der Waals surface area contributed by atoms with Crippen LogP contribution in [0.25, 0.3) is 0 Å². The van der Waals surface area contributed by atoms with Crippen LogP contribution in [0.15, 0.2) is 0 Å². The second-order valence-electron chi connectivity index (χ2n) is 5.91. The third kappa shape index (κ3) is 3.39. The average Bonchev–Trinajstić information content (AvgIpc) is 2.91. The Kier molecular flexibility index (Phi) is 4.82. The highest BCUT2D eigenvalue weighted by molar-refractivity contribution is 7.80. The van der Waals surface area contributed by atoms with Gasteiger partial charge in [-0.25, -0.2) is 4.79 Å². The predicted molar refractivity (Wildman–Crippen MR) is 81.8 cm³/mol. The summed E-state index contributed by atoms with van der Waals surface area (Å²) in [5.74, 6) is 0. The number of nitrogens with zero attached hydrogens (tertiary/aromatic N) is 2. The maximum Gasteiger partial charge on any atom is 0.317 e. The molecule has 7 heteroatoms. The van der Waals surface area contributed by atoms with Crippen LogP contribution in [0.3, 0.4) is 0 Å². The molecule has 0 bridgehead atoms. The fourth-order valence-corrected chi connectivity index (χ4v) is 2.67. The second-order valence-corrected chi connectivity index (χ2v) is 6.35. The first kappa shape index (κ1) is 15.5. The zero-order valence-corrected chi connectivity index (χ0v) is 13.0. The van der Waals surface area contributed by atoms with E-state index >= 15 is 0 Å². The molecule has 2 aliphatic rings. The van der Waals surface area contributed by atoms with E-state index in [9.17, 15) is 4.79 Å². The number of nitrogens with two attached hydrogens (primary N) is 1. The van der Waals surface area contributed by atoms with E-state index in [0.29, 0.717) is 24.7 Å². The number of hydrogen-bond acceptors (Lipinski definition) is 4. The molecule has 0 aromatic rings. The zero-order valence-electron chi connectivity index (χ0n) is 12.2. The lowest BCUT2D eigenvalue weighted by Gasteiger charge is -2.43. The van der Waals surface area contributed by atoms with Gasteiger partial charge in [-0.2, -0.15) is 0 Å². The third-order valence-corrected chi connectivity index (χ3v) is 4.72. The Hall–Kier alpha value is -0.920. The summed E-state index contributed by atoms with van der Waals surface area (Å²) in [7, 11) is 0. The Labute approximate surface area is 125 Å². The fourth-order valence-electron chi connectivity index (χ4n) is 2.54. The van der Waals surface area contributed by atoms with E-state index in [-0.39, 0.29) is 17.6 Å². The first-order valence-electron chi connectivity index (χ1n) is 7.09. The lowest BCUT2D eigenvalue weighted by molar-refractivity contribution is 0.0966. The standard InChI is InChI=1S/C13H24N4O2S/c1-13(2,11(14)20)17-6-4-16(5-7-17)12(18)15-10-3-8-19-9-10/h10H,3-9H2,1-2H3,(H2,14,20)(H,15,18). The Morgan fingerprint density at radius 1 is 1.35 bits per heavy atom. The molecule has 1 unspecified atom stereocenters. The van der Waals surface area contributed by atoms with E-state index in [2.05, 4.69) is 10.2 Å². The molecule has 2 fully saturated rings. The smallest absolute Gasteiger partial charge is 0.317 e. The second kappa shape index (κ2) is 6.24. The Morgan fingerprint density at radius 2 is 2.00 bits per heavy atom. The monoisotopic (exact) mass is 300 g/mol. The minimum absolute atomic E-state index is 0.00767. The maximum atomic E-state index is 12.1. The first-order valence-corrected chi connectivity index (χ1v) is 7.50. The van der Waals surface area contributed by atoms with Crippen LogP contribution >= 0.6 is 12.2 Å². The number of carbonyl (C=O) groups is 1. The summed E-state index contributed by atoms with van der Waals surface area (Å²) < 4.78 is 5.26. The van der Waals surface area contributed by atoms with E-state index in [1.54, 1.807) is 0 Å². The van der Waals surface area contributed by atoms with Crippen LogP contribution in [0, 0.1) is 0 Å². The molecule has 2 amide bonds. The number of rotatable bonds is 3. The number of piperazine rings is 1. The first-order chi connectivity index (χ1) is 9.41. The van der Waals surface area contributed by atoms with Crippen LogP contribution in [0.4, 0.5) is 4.79 Å². The molecule has 114 valence electrons. The van der Waals surface area contributed by atoms with Crippen LogP contribution < -0.4 is 11.1 Å². The Balaban J connectivity index is 1.81. The van der Waals surface area contributed by atoms with Crippen molar-refractivity contribution < 1.29 is 9.53 Å². The van der Waals surface area contributed by atoms with Gasteiger partial charge in [0.15, 0.2) is 0 Å². The minimum atomic E-state index is -0.294. The molecule has 2 aliphatic heterocycles. The topological polar surface area (TPSA) is 70.8 Å². The largest absolute Gasteiger partial charge is 0.392 e. The number of carbonyl (C=O) groups excluding carboxylic acids is 1. The van der Waals surface area contributed by atoms with Crippen LogP contribution in [0.1, 0.15) is 20.3 Å². The lowest BCUT2D eigenvalue weighted by Crippen LogP contribution is -2.61. The summed E-state index contributed by atoms with van der Waals surface area (Å²) in [6, 6.07) is 0.168. The van der Waals surface area contributed by atoms with Crippen molar-refractivity contribution in [2.75, 3.05) is 39.4 Å². The van der Waals surface area contributed by atoms with Gasteiger partial charge in [0.05, 0.1) is 23.2 Å². The summed E-state index contributed by atoms with van der Waals surface area (Å²) in [6.07, 6.45) is 0.903. The highest BCUT2D eigenvalue weighted by Crippen LogP contribution is 2.17. The van der Waals surface area contributed by atoms with E-state index in [0.717, 1.165) is 26.1 Å². The van der Waals surface area contributed by atoms with E-state index < -0.39 is 0 Å². The van der Waals surface area contributed by atoms with Gasteiger partial charge in [0.2, 0.25) is 0 Å². The molecule has 2 heterocycles. The van der Waals surface area contributed by atoms with Crippen molar-refractivity contribution in [3.63, 3.8) is 0 Å². The number of nitrogens with one attached hydrogen (secondary N) is 1. The van der Waals surface area contributed by atoms with Crippen LogP contribution in [-0.4, -0.2) is 71.8 Å². The quantitative estimate of drug-likeness (QED) is 0.727. The molecular formula is C13H24N4O2S. The van der Waals surface area contributed by atoms with Gasteiger partial charge in [-0.15, -0.1) is 0 Å². The molecule has 0 aromatic heterocycles. The number of ether oxygens (including phenoxy) is 1. The van der Waals surface area contributed by atoms with Gasteiger partial charge >= 0.3 is 6.03 Å². The third-order valence-electron chi connectivity index (χ3n) is 4.22. The van der Waals surface area contributed by atoms with Gasteiger partial charge in [-0.05, 0) is 20.3 Å². The van der Waals surface area contributed by atoms with Crippen molar-refractivity contribution in [3.8, 4) is 0 Å². The fraction of sp³-hybridized carbons (Fsp3) is 0.846. The van der Waals surface area contributed by atoms with Crippen molar-refractivity contribution in [2.24, 2.45) is 5.73 Å². The summed E-state index contributed by atoms with van der Waals surface area (Å²) in [6.45, 7) is 8.40. The molecule has 0 spiro atoms. The Bertz CT molecular complexity index is 375. The van der Waals surface area contributed by atoms with E-state index in [1.807, 2.05) is 18.7 Å². The van der Waals surface area contributed by atoms with Crippen molar-refractivity contribution in [1.29, 1.82) is 0 Å². The molecule has 3 N–H and O–H groups in total. The van der Waals surface area contributed by atoms with Crippen LogP contribution in [0.5, 0.6) is 0 Å². The summed E-state index contributed by atoms with van der Waals surface area (Å²) >= 11 is 5.12. The molecule has 0 radical (unpaired) electrons. The van der Waals surface area contributed by atoms with Gasteiger partial charge in [-0.1, -0.05) is 12.2 Å². The van der Waals surface area contributed by atoms with Gasteiger partial charge in [0, 0.05) is 32.8 Å². The van der Waals surface area contributed by atoms with Gasteiger partial charge in [0.1, 0.15) is 0 Å². The van der Waals surface area contributed by atoms with Crippen LogP contribution in [0.2, 0.25) is 0 Å². The molecule has 0 aromatic carbocycles. The van der Waals surface area contributed by atoms with Crippen molar-refractivity contribution in [3.05, 3.63) is 0 Å². The van der Waals surface area contributed by atoms with Gasteiger partial charge < -0.3 is 20.7 Å². The predicted octanol–water partition coefficient (Wildman–Crippen LogP) is 0.167. The van der Waals surface area contributed by atoms with Crippen molar-refractivity contribution >= 4 is 23.2 Å². The average molecular weight is 300 g/mol. The van der Waals surface area contributed by atoms with Gasteiger partial charge in [0.25, 0.3) is 0 Å². The van der Waals surface area contributed by atoms with Crippen molar-refractivity contribution in [1.82, 2.24) is 15.1 Å². The molecular weight excluding hydrogens is 276 g/mol. The SMILES string of the molecule is CC(C)(C(N)=S)N1CCN(C(=O)NC2CCOC2)CC1. The van der Waals surface area contributed by atoms with Crippen LogP contribution in [-0.2, 0) is 4.74 Å². The molecule has 0 aliphatic carbocycles. The van der Waals surface area contributed by atoms with E-state index in [1.165, 1.54) is 0 Å². The minimum Gasteiger partial charge on any atom is -0.392 e. The Morgan fingerprint density at radius 3 is 2.50 bits per heavy atom. The van der Waals surface area contributed by atoms with Gasteiger partial charge in [-0.3, -0.25) is 4.90 Å². The summed E-state index contributed by atoms with van der Waals surface area (Å²) in [5, 5.41) is 3.02. The molecule has 2 rings (SSSR count). The molecule has 20 heavy (non-hydrogen) atoms. The maximum absolute atomic E-state index is 12.1. The molecule has 2 saturated heterocycles. The molecule has 6 nitrogen and oxygen atoms in total. The summed E-state index contributed by atoms with van der Waals surface area (Å²) in [4.78, 5) is 16.7. The van der Waals surface area contributed by atoms with E-state index in [4.69, 9.17) is 22.7 Å². The van der Waals surface area contributed by atoms with Crippen molar-refractivity contribution in [2.45, 2.75) is 31.8 Å². The lowest BCUT2D eigenvalue weighted by atomic mass is 10.0. The number of urea groups is 1.